The van der Waals surface area contributed by atoms with Gasteiger partial charge in [-0.15, -0.1) is 0 Å². The summed E-state index contributed by atoms with van der Waals surface area (Å²) in [5.74, 6) is -0.125. The molecule has 0 spiro atoms. The monoisotopic (exact) mass is 617 g/mol. The SMILES string of the molecule is COc1cc(C(=O)NCC(=O)N/N=C/c2ccc(OC(=O)c3ccccc3I)cc2)cc(OC)c1OC. The van der Waals surface area contributed by atoms with Crippen molar-refractivity contribution in [1.82, 2.24) is 10.7 Å². The summed E-state index contributed by atoms with van der Waals surface area (Å²) < 4.78 is 21.9. The van der Waals surface area contributed by atoms with E-state index in [4.69, 9.17) is 18.9 Å². The molecule has 0 saturated heterocycles. The fraction of sp³-hybridized carbons (Fsp3) is 0.154. The average molecular weight is 617 g/mol. The first-order valence-electron chi connectivity index (χ1n) is 10.8. The van der Waals surface area contributed by atoms with E-state index in [0.29, 0.717) is 34.1 Å². The van der Waals surface area contributed by atoms with Gasteiger partial charge in [0.05, 0.1) is 39.7 Å². The Morgan fingerprint density at radius 3 is 2.16 bits per heavy atom. The van der Waals surface area contributed by atoms with Crippen LogP contribution in [0.15, 0.2) is 65.8 Å². The number of amides is 2. The number of hydrazone groups is 1. The molecule has 0 fully saturated rings. The van der Waals surface area contributed by atoms with Crippen LogP contribution in [0.1, 0.15) is 26.3 Å². The summed E-state index contributed by atoms with van der Waals surface area (Å²) in [6, 6.07) is 16.7. The van der Waals surface area contributed by atoms with Crippen LogP contribution < -0.4 is 29.7 Å². The topological polar surface area (TPSA) is 125 Å². The highest BCUT2D eigenvalue weighted by molar-refractivity contribution is 14.1. The molecule has 0 unspecified atom stereocenters. The number of carbonyl (C=O) groups excluding carboxylic acids is 3. The molecule has 0 aliphatic carbocycles. The zero-order chi connectivity index (χ0) is 26.8. The van der Waals surface area contributed by atoms with Crippen LogP contribution in [0.25, 0.3) is 0 Å². The highest BCUT2D eigenvalue weighted by Gasteiger charge is 2.17. The van der Waals surface area contributed by atoms with Crippen LogP contribution in [0.5, 0.6) is 23.0 Å². The third kappa shape index (κ3) is 7.43. The summed E-state index contributed by atoms with van der Waals surface area (Å²) >= 11 is 2.07. The average Bonchev–Trinajstić information content (AvgIpc) is 2.91. The van der Waals surface area contributed by atoms with Gasteiger partial charge in [-0.05, 0) is 76.7 Å². The Hall–Kier alpha value is -4.13. The van der Waals surface area contributed by atoms with Crippen molar-refractivity contribution in [2.45, 2.75) is 0 Å². The number of carbonyl (C=O) groups is 3. The van der Waals surface area contributed by atoms with Gasteiger partial charge >= 0.3 is 5.97 Å². The molecule has 2 amide bonds. The third-order valence-corrected chi connectivity index (χ3v) is 5.86. The number of nitrogens with zero attached hydrogens (tertiary/aromatic N) is 1. The first kappa shape index (κ1) is 27.5. The van der Waals surface area contributed by atoms with Gasteiger partial charge < -0.3 is 24.3 Å². The zero-order valence-electron chi connectivity index (χ0n) is 20.2. The van der Waals surface area contributed by atoms with E-state index in [1.165, 1.54) is 39.7 Å². The van der Waals surface area contributed by atoms with E-state index in [-0.39, 0.29) is 12.1 Å². The Bertz CT molecular complexity index is 1280. The minimum Gasteiger partial charge on any atom is -0.493 e. The lowest BCUT2D eigenvalue weighted by molar-refractivity contribution is -0.120. The normalized spacial score (nSPS) is 10.5. The van der Waals surface area contributed by atoms with Crippen LogP contribution in [0.3, 0.4) is 0 Å². The van der Waals surface area contributed by atoms with Crippen molar-refractivity contribution in [3.05, 3.63) is 80.9 Å². The zero-order valence-corrected chi connectivity index (χ0v) is 22.4. The van der Waals surface area contributed by atoms with Crippen LogP contribution in [0.2, 0.25) is 0 Å². The molecule has 10 nitrogen and oxygen atoms in total. The van der Waals surface area contributed by atoms with Crippen molar-refractivity contribution < 1.29 is 33.3 Å². The van der Waals surface area contributed by atoms with Crippen molar-refractivity contribution in [3.63, 3.8) is 0 Å². The second-order valence-corrected chi connectivity index (χ2v) is 8.49. The minimum atomic E-state index is -0.528. The fourth-order valence-corrected chi connectivity index (χ4v) is 3.71. The number of hydrogen-bond acceptors (Lipinski definition) is 8. The van der Waals surface area contributed by atoms with Gasteiger partial charge in [-0.25, -0.2) is 10.2 Å². The summed E-state index contributed by atoms with van der Waals surface area (Å²) in [6.07, 6.45) is 1.42. The van der Waals surface area contributed by atoms with E-state index in [0.717, 1.165) is 3.57 Å². The van der Waals surface area contributed by atoms with Crippen LogP contribution in [0, 0.1) is 3.57 Å². The molecule has 0 atom stereocenters. The van der Waals surface area contributed by atoms with E-state index in [9.17, 15) is 14.4 Å². The summed E-state index contributed by atoms with van der Waals surface area (Å²) in [6.45, 7) is -0.306. The molecule has 2 N–H and O–H groups in total. The lowest BCUT2D eigenvalue weighted by Crippen LogP contribution is -2.34. The molecule has 3 aromatic rings. The largest absolute Gasteiger partial charge is 0.493 e. The van der Waals surface area contributed by atoms with Gasteiger partial charge in [-0.2, -0.15) is 5.10 Å². The number of ether oxygens (including phenoxy) is 4. The molecule has 0 aromatic heterocycles. The maximum Gasteiger partial charge on any atom is 0.344 e. The first-order chi connectivity index (χ1) is 17.9. The van der Waals surface area contributed by atoms with Gasteiger partial charge in [0.25, 0.3) is 11.8 Å². The van der Waals surface area contributed by atoms with Crippen molar-refractivity contribution in [3.8, 4) is 23.0 Å². The van der Waals surface area contributed by atoms with E-state index in [1.807, 2.05) is 12.1 Å². The summed E-state index contributed by atoms with van der Waals surface area (Å²) in [5, 5.41) is 6.38. The van der Waals surface area contributed by atoms with Gasteiger partial charge in [0.15, 0.2) is 11.5 Å². The molecule has 0 radical (unpaired) electrons. The smallest absolute Gasteiger partial charge is 0.344 e. The summed E-state index contributed by atoms with van der Waals surface area (Å²) in [5.41, 5.74) is 3.71. The maximum absolute atomic E-state index is 12.5. The van der Waals surface area contributed by atoms with Gasteiger partial charge in [-0.1, -0.05) is 12.1 Å². The van der Waals surface area contributed by atoms with Gasteiger partial charge in [0.1, 0.15) is 5.75 Å². The minimum absolute atomic E-state index is 0.230. The van der Waals surface area contributed by atoms with Crippen molar-refractivity contribution >= 4 is 46.6 Å². The van der Waals surface area contributed by atoms with Crippen molar-refractivity contribution in [2.24, 2.45) is 5.10 Å². The van der Waals surface area contributed by atoms with E-state index in [2.05, 4.69) is 38.4 Å². The molecule has 37 heavy (non-hydrogen) atoms. The molecule has 0 aliphatic heterocycles. The molecule has 3 rings (SSSR count). The Morgan fingerprint density at radius 1 is 0.919 bits per heavy atom. The quantitative estimate of drug-likeness (QED) is 0.118. The Morgan fingerprint density at radius 2 is 1.57 bits per heavy atom. The summed E-state index contributed by atoms with van der Waals surface area (Å²) in [7, 11) is 4.34. The maximum atomic E-state index is 12.5. The second-order valence-electron chi connectivity index (χ2n) is 7.33. The standard InChI is InChI=1S/C26H24IN3O7/c1-34-21-12-17(13-22(35-2)24(21)36-3)25(32)28-15-23(31)30-29-14-16-8-10-18(11-9-16)37-26(33)19-6-4-5-7-20(19)27/h4-14H,15H2,1-3H3,(H,28,32)(H,30,31)/b29-14+. The molecular weight excluding hydrogens is 593 g/mol. The highest BCUT2D eigenvalue weighted by atomic mass is 127. The van der Waals surface area contributed by atoms with Crippen molar-refractivity contribution in [1.29, 1.82) is 0 Å². The third-order valence-electron chi connectivity index (χ3n) is 4.92. The number of esters is 1. The molecule has 11 heteroatoms. The Labute approximate surface area is 227 Å². The van der Waals surface area contributed by atoms with E-state index >= 15 is 0 Å². The lowest BCUT2D eigenvalue weighted by Gasteiger charge is -2.14. The van der Waals surface area contributed by atoms with Crippen LogP contribution in [-0.4, -0.2) is 51.9 Å². The van der Waals surface area contributed by atoms with Gasteiger partial charge in [0, 0.05) is 9.13 Å². The lowest BCUT2D eigenvalue weighted by atomic mass is 10.1. The second kappa shape index (κ2) is 13.3. The predicted molar refractivity (Wildman–Crippen MR) is 145 cm³/mol. The summed E-state index contributed by atoms with van der Waals surface area (Å²) in [4.78, 5) is 36.9. The number of hydrogen-bond donors (Lipinski definition) is 2. The number of halogens is 1. The van der Waals surface area contributed by atoms with Gasteiger partial charge in [0.2, 0.25) is 5.75 Å². The van der Waals surface area contributed by atoms with E-state index in [1.54, 1.807) is 36.4 Å². The molecular formula is C26H24IN3O7. The van der Waals surface area contributed by atoms with Gasteiger partial charge in [-0.3, -0.25) is 9.59 Å². The van der Waals surface area contributed by atoms with Crippen LogP contribution in [0.4, 0.5) is 0 Å². The van der Waals surface area contributed by atoms with Crippen LogP contribution >= 0.6 is 22.6 Å². The molecule has 0 aliphatic rings. The molecule has 0 saturated carbocycles. The van der Waals surface area contributed by atoms with E-state index < -0.39 is 17.8 Å². The molecule has 0 heterocycles. The number of methoxy groups -OCH3 is 3. The molecule has 3 aromatic carbocycles. The Balaban J connectivity index is 1.50. The molecule has 192 valence electrons. The predicted octanol–water partition coefficient (Wildman–Crippen LogP) is 3.42. The fourth-order valence-electron chi connectivity index (χ4n) is 3.10. The first-order valence-corrected chi connectivity index (χ1v) is 11.9. The number of nitrogens with one attached hydrogen (secondary N) is 2. The number of benzene rings is 3. The Kier molecular flexibility index (Phi) is 9.84. The van der Waals surface area contributed by atoms with Crippen LogP contribution in [-0.2, 0) is 4.79 Å². The van der Waals surface area contributed by atoms with Crippen molar-refractivity contribution in [2.75, 3.05) is 27.9 Å². The molecule has 0 bridgehead atoms. The highest BCUT2D eigenvalue weighted by Crippen LogP contribution is 2.38. The number of rotatable bonds is 10.